The number of sulfonamides is 1. The van der Waals surface area contributed by atoms with Crippen LogP contribution in [0, 0.1) is 11.7 Å². The number of piperidine rings is 1. The van der Waals surface area contributed by atoms with Crippen LogP contribution < -0.4 is 10.6 Å². The standard InChI is InChI=1S/C21H28FN3O6S/c1-14(19(26)24-21(28)23-17-6-2-3-7-17)31-20(27)15-5-4-12-25(13-15)32(29,30)18-10-8-16(22)9-11-18/h8-11,14-15,17H,2-7,12-13H2,1H3,(H2,23,24,26,28). The molecule has 11 heteroatoms. The summed E-state index contributed by atoms with van der Waals surface area (Å²) < 4.78 is 45.1. The lowest BCUT2D eigenvalue weighted by molar-refractivity contribution is -0.159. The highest BCUT2D eigenvalue weighted by Gasteiger charge is 2.35. The van der Waals surface area contributed by atoms with Crippen LogP contribution >= 0.6 is 0 Å². The summed E-state index contributed by atoms with van der Waals surface area (Å²) in [6, 6.07) is 3.89. The lowest BCUT2D eigenvalue weighted by Crippen LogP contribution is -2.48. The Kier molecular flexibility index (Phi) is 7.83. The highest BCUT2D eigenvalue weighted by atomic mass is 32.2. The Hall–Kier alpha value is -2.53. The average Bonchev–Trinajstić information content (AvgIpc) is 3.26. The van der Waals surface area contributed by atoms with Crippen LogP contribution in [-0.2, 0) is 24.3 Å². The first kappa shape index (κ1) is 24.1. The number of urea groups is 1. The highest BCUT2D eigenvalue weighted by molar-refractivity contribution is 7.89. The summed E-state index contributed by atoms with van der Waals surface area (Å²) in [5.74, 6) is -2.75. The predicted molar refractivity (Wildman–Crippen MR) is 112 cm³/mol. The molecule has 0 spiro atoms. The van der Waals surface area contributed by atoms with Gasteiger partial charge in [0.25, 0.3) is 5.91 Å². The fourth-order valence-electron chi connectivity index (χ4n) is 3.94. The molecule has 2 atom stereocenters. The normalized spacial score (nSPS) is 21.0. The molecular weight excluding hydrogens is 441 g/mol. The molecule has 1 aliphatic heterocycles. The number of carbonyl (C=O) groups excluding carboxylic acids is 3. The first-order valence-corrected chi connectivity index (χ1v) is 12.2. The van der Waals surface area contributed by atoms with Crippen molar-refractivity contribution in [3.8, 4) is 0 Å². The van der Waals surface area contributed by atoms with Gasteiger partial charge in [-0.05, 0) is 56.9 Å². The topological polar surface area (TPSA) is 122 Å². The zero-order chi connectivity index (χ0) is 23.3. The van der Waals surface area contributed by atoms with E-state index in [-0.39, 0.29) is 24.0 Å². The molecule has 1 aromatic carbocycles. The van der Waals surface area contributed by atoms with E-state index in [0.717, 1.165) is 42.1 Å². The van der Waals surface area contributed by atoms with Gasteiger partial charge in [0.05, 0.1) is 10.8 Å². The quantitative estimate of drug-likeness (QED) is 0.614. The lowest BCUT2D eigenvalue weighted by atomic mass is 10.00. The number of rotatable bonds is 6. The fraction of sp³-hybridized carbons (Fsp3) is 0.571. The lowest BCUT2D eigenvalue weighted by Gasteiger charge is -2.31. The van der Waals surface area contributed by atoms with Crippen LogP contribution in [0.15, 0.2) is 29.2 Å². The zero-order valence-electron chi connectivity index (χ0n) is 17.9. The van der Waals surface area contributed by atoms with Gasteiger partial charge < -0.3 is 10.1 Å². The average molecular weight is 470 g/mol. The van der Waals surface area contributed by atoms with Gasteiger partial charge in [0, 0.05) is 19.1 Å². The molecule has 3 rings (SSSR count). The first-order valence-electron chi connectivity index (χ1n) is 10.7. The Morgan fingerprint density at radius 2 is 1.75 bits per heavy atom. The zero-order valence-corrected chi connectivity index (χ0v) is 18.7. The summed E-state index contributed by atoms with van der Waals surface area (Å²) in [6.07, 6.45) is 3.43. The van der Waals surface area contributed by atoms with Crippen LogP contribution in [0.3, 0.4) is 0 Å². The Morgan fingerprint density at radius 3 is 2.41 bits per heavy atom. The monoisotopic (exact) mass is 469 g/mol. The Balaban J connectivity index is 1.53. The molecule has 1 aromatic rings. The minimum absolute atomic E-state index is 0.0388. The molecule has 2 N–H and O–H groups in total. The summed E-state index contributed by atoms with van der Waals surface area (Å²) in [4.78, 5) is 36.6. The summed E-state index contributed by atoms with van der Waals surface area (Å²) in [6.45, 7) is 1.47. The van der Waals surface area contributed by atoms with Crippen LogP contribution in [0.4, 0.5) is 9.18 Å². The molecular formula is C21H28FN3O6S. The number of esters is 1. The third-order valence-electron chi connectivity index (χ3n) is 5.76. The molecule has 176 valence electrons. The van der Waals surface area contributed by atoms with Crippen molar-refractivity contribution in [3.63, 3.8) is 0 Å². The molecule has 0 bridgehead atoms. The molecule has 2 unspecified atom stereocenters. The van der Waals surface area contributed by atoms with Crippen LogP contribution in [0.2, 0.25) is 0 Å². The van der Waals surface area contributed by atoms with E-state index in [2.05, 4.69) is 10.6 Å². The number of nitrogens with zero attached hydrogens (tertiary/aromatic N) is 1. The summed E-state index contributed by atoms with van der Waals surface area (Å²) in [7, 11) is -3.89. The molecule has 2 fully saturated rings. The largest absolute Gasteiger partial charge is 0.452 e. The molecule has 0 aromatic heterocycles. The van der Waals surface area contributed by atoms with Crippen molar-refractivity contribution >= 4 is 27.9 Å². The second kappa shape index (κ2) is 10.4. The van der Waals surface area contributed by atoms with Crippen molar-refractivity contribution < 1.29 is 31.9 Å². The number of hydrogen-bond acceptors (Lipinski definition) is 6. The van der Waals surface area contributed by atoms with Crippen molar-refractivity contribution in [1.29, 1.82) is 0 Å². The second-order valence-electron chi connectivity index (χ2n) is 8.18. The maximum absolute atomic E-state index is 13.1. The van der Waals surface area contributed by atoms with Crippen LogP contribution in [0.5, 0.6) is 0 Å². The molecule has 1 saturated carbocycles. The van der Waals surface area contributed by atoms with E-state index < -0.39 is 45.8 Å². The molecule has 2 aliphatic rings. The smallest absolute Gasteiger partial charge is 0.321 e. The van der Waals surface area contributed by atoms with Crippen molar-refractivity contribution in [2.24, 2.45) is 5.92 Å². The van der Waals surface area contributed by atoms with Gasteiger partial charge in [-0.15, -0.1) is 0 Å². The van der Waals surface area contributed by atoms with E-state index in [1.807, 2.05) is 0 Å². The minimum Gasteiger partial charge on any atom is -0.452 e. The fourth-order valence-corrected chi connectivity index (χ4v) is 5.46. The summed E-state index contributed by atoms with van der Waals surface area (Å²) in [5.41, 5.74) is 0. The van der Waals surface area contributed by atoms with Crippen LogP contribution in [-0.4, -0.2) is 55.9 Å². The van der Waals surface area contributed by atoms with Gasteiger partial charge in [-0.3, -0.25) is 14.9 Å². The first-order chi connectivity index (χ1) is 15.2. The maximum atomic E-state index is 13.1. The number of imide groups is 1. The third kappa shape index (κ3) is 6.04. The second-order valence-corrected chi connectivity index (χ2v) is 10.1. The summed E-state index contributed by atoms with van der Waals surface area (Å²) >= 11 is 0. The summed E-state index contributed by atoms with van der Waals surface area (Å²) in [5, 5.41) is 4.89. The van der Waals surface area contributed by atoms with Crippen molar-refractivity contribution in [2.75, 3.05) is 13.1 Å². The number of hydrogen-bond donors (Lipinski definition) is 2. The van der Waals surface area contributed by atoms with E-state index in [1.54, 1.807) is 0 Å². The number of carbonyl (C=O) groups is 3. The Morgan fingerprint density at radius 1 is 1.09 bits per heavy atom. The molecule has 0 radical (unpaired) electrons. The van der Waals surface area contributed by atoms with E-state index in [0.29, 0.717) is 12.8 Å². The van der Waals surface area contributed by atoms with Gasteiger partial charge in [0.15, 0.2) is 6.10 Å². The van der Waals surface area contributed by atoms with Gasteiger partial charge >= 0.3 is 12.0 Å². The van der Waals surface area contributed by atoms with E-state index >= 15 is 0 Å². The molecule has 3 amide bonds. The molecule has 1 saturated heterocycles. The number of benzene rings is 1. The van der Waals surface area contributed by atoms with Gasteiger partial charge in [-0.25, -0.2) is 17.6 Å². The van der Waals surface area contributed by atoms with E-state index in [4.69, 9.17) is 4.74 Å². The van der Waals surface area contributed by atoms with E-state index in [9.17, 15) is 27.2 Å². The van der Waals surface area contributed by atoms with E-state index in [1.165, 1.54) is 19.1 Å². The Labute approximate surface area is 186 Å². The number of ether oxygens (including phenoxy) is 1. The third-order valence-corrected chi connectivity index (χ3v) is 7.64. The maximum Gasteiger partial charge on any atom is 0.321 e. The van der Waals surface area contributed by atoms with Crippen molar-refractivity contribution in [1.82, 2.24) is 14.9 Å². The van der Waals surface area contributed by atoms with Crippen molar-refractivity contribution in [3.05, 3.63) is 30.1 Å². The molecule has 32 heavy (non-hydrogen) atoms. The number of amides is 3. The number of nitrogens with one attached hydrogen (secondary N) is 2. The number of halogens is 1. The Bertz CT molecular complexity index is 947. The predicted octanol–water partition coefficient (Wildman–Crippen LogP) is 1.93. The molecule has 1 heterocycles. The van der Waals surface area contributed by atoms with Gasteiger partial charge in [0.1, 0.15) is 5.82 Å². The minimum atomic E-state index is -3.89. The van der Waals surface area contributed by atoms with Crippen LogP contribution in [0.1, 0.15) is 45.4 Å². The van der Waals surface area contributed by atoms with Crippen molar-refractivity contribution in [2.45, 2.75) is 62.5 Å². The molecule has 1 aliphatic carbocycles. The van der Waals surface area contributed by atoms with Crippen LogP contribution in [0.25, 0.3) is 0 Å². The molecule has 9 nitrogen and oxygen atoms in total. The van der Waals surface area contributed by atoms with Gasteiger partial charge in [0.2, 0.25) is 10.0 Å². The van der Waals surface area contributed by atoms with Gasteiger partial charge in [-0.1, -0.05) is 12.8 Å². The highest BCUT2D eigenvalue weighted by Crippen LogP contribution is 2.25. The van der Waals surface area contributed by atoms with Gasteiger partial charge in [-0.2, -0.15) is 4.31 Å². The SMILES string of the molecule is CC(OC(=O)C1CCCN(S(=O)(=O)c2ccc(F)cc2)C1)C(=O)NC(=O)NC1CCCC1.